The first-order chi connectivity index (χ1) is 29.0. The van der Waals surface area contributed by atoms with Crippen molar-refractivity contribution in [1.82, 2.24) is 19.9 Å². The fraction of sp³-hybridized carbons (Fsp3) is 0.477. The number of oxazole rings is 2. The van der Waals surface area contributed by atoms with Gasteiger partial charge in [0.15, 0.2) is 31.5 Å². The molecule has 0 spiro atoms. The zero-order valence-corrected chi connectivity index (χ0v) is 37.1. The third kappa shape index (κ3) is 11.3. The summed E-state index contributed by atoms with van der Waals surface area (Å²) in [7, 11) is -1.18. The molecule has 0 N–H and O–H groups in total. The van der Waals surface area contributed by atoms with E-state index in [2.05, 4.69) is 56.5 Å². The number of esters is 1. The molecule has 326 valence electrons. The van der Waals surface area contributed by atoms with Crippen molar-refractivity contribution in [2.45, 2.75) is 110 Å². The second kappa shape index (κ2) is 21.6. The van der Waals surface area contributed by atoms with E-state index in [9.17, 15) is 24.0 Å². The number of pyridine rings is 1. The maximum Gasteiger partial charge on any atom is 0.373 e. The Labute approximate surface area is 355 Å². The molecule has 16 nitrogen and oxygen atoms in total. The molecule has 0 fully saturated rings. The van der Waals surface area contributed by atoms with E-state index in [0.717, 1.165) is 0 Å². The first kappa shape index (κ1) is 47.8. The Hall–Kier alpha value is -5.90. The molecule has 0 saturated carbocycles. The number of methoxy groups -OCH3 is 1. The van der Waals surface area contributed by atoms with Gasteiger partial charge in [0.05, 0.1) is 36.5 Å². The molecule has 0 saturated heterocycles. The normalized spacial score (nSPS) is 13.5. The number of hydrogen-bond donors (Lipinski definition) is 0. The van der Waals surface area contributed by atoms with E-state index in [1.165, 1.54) is 36.7 Å². The van der Waals surface area contributed by atoms with Gasteiger partial charge in [-0.3, -0.25) is 24.1 Å². The van der Waals surface area contributed by atoms with Crippen molar-refractivity contribution in [3.8, 4) is 5.75 Å². The van der Waals surface area contributed by atoms with Crippen LogP contribution < -0.4 is 4.74 Å². The Kier molecular flexibility index (Phi) is 16.9. The molecule has 2 unspecified atom stereocenters. The molecule has 0 radical (unpaired) electrons. The number of hydrogen-bond acceptors (Lipinski definition) is 15. The number of ether oxygens (including phenoxy) is 2. The molecule has 2 atom stereocenters. The lowest BCUT2D eigenvalue weighted by Crippen LogP contribution is -2.48. The van der Waals surface area contributed by atoms with Crippen molar-refractivity contribution < 1.29 is 56.3 Å². The SMILES string of the molecule is CCC(CC(=O)c1cc(OCCCN2C(=O)c3ccccc3C2=O)cc(C(=O)CC(CO[Si](C(C)C)(C(C)C)C(C)C)c2nc(C(=O)OC)co2)n1)c1nc(C)co1.O=C=O. The summed E-state index contributed by atoms with van der Waals surface area (Å²) in [6.45, 7) is 17.0. The summed E-state index contributed by atoms with van der Waals surface area (Å²) in [5.41, 5.74) is 2.15. The molecule has 3 aromatic heterocycles. The molecule has 0 aliphatic carbocycles. The van der Waals surface area contributed by atoms with Crippen LogP contribution in [0.25, 0.3) is 0 Å². The van der Waals surface area contributed by atoms with Crippen LogP contribution in [0, 0.1) is 6.92 Å². The fourth-order valence-corrected chi connectivity index (χ4v) is 13.5. The molecule has 4 aromatic rings. The number of benzene rings is 1. The van der Waals surface area contributed by atoms with E-state index < -0.39 is 26.0 Å². The molecule has 2 amide bonds. The van der Waals surface area contributed by atoms with Crippen LogP contribution in [0.2, 0.25) is 16.6 Å². The minimum atomic E-state index is -2.42. The number of carbonyl (C=O) groups is 5. The number of Topliss-reactive ketones (excluding diaryl/α,β-unsaturated/α-hetero) is 2. The van der Waals surface area contributed by atoms with Crippen molar-refractivity contribution in [3.05, 3.63) is 94.6 Å². The Bertz CT molecular complexity index is 2160. The van der Waals surface area contributed by atoms with Crippen LogP contribution in [-0.2, 0) is 18.8 Å². The molecular weight excluding hydrogens is 805 g/mol. The maximum atomic E-state index is 14.3. The van der Waals surface area contributed by atoms with Crippen LogP contribution in [-0.4, -0.2) is 90.5 Å². The highest BCUT2D eigenvalue weighted by Crippen LogP contribution is 2.43. The first-order valence-electron chi connectivity index (χ1n) is 20.3. The van der Waals surface area contributed by atoms with Gasteiger partial charge in [0, 0.05) is 44.0 Å². The Balaban J connectivity index is 0.00000265. The van der Waals surface area contributed by atoms with Crippen molar-refractivity contribution in [1.29, 1.82) is 0 Å². The largest absolute Gasteiger partial charge is 0.493 e. The van der Waals surface area contributed by atoms with E-state index in [4.69, 9.17) is 32.3 Å². The van der Waals surface area contributed by atoms with Crippen molar-refractivity contribution >= 4 is 43.8 Å². The van der Waals surface area contributed by atoms with Gasteiger partial charge in [-0.2, -0.15) is 9.59 Å². The predicted molar refractivity (Wildman–Crippen MR) is 221 cm³/mol. The molecule has 61 heavy (non-hydrogen) atoms. The van der Waals surface area contributed by atoms with Gasteiger partial charge in [-0.1, -0.05) is 60.6 Å². The van der Waals surface area contributed by atoms with Crippen molar-refractivity contribution in [2.75, 3.05) is 26.9 Å². The first-order valence-corrected chi connectivity index (χ1v) is 22.4. The minimum Gasteiger partial charge on any atom is -0.493 e. The second-order valence-corrected chi connectivity index (χ2v) is 21.2. The zero-order valence-electron chi connectivity index (χ0n) is 36.1. The molecule has 1 aliphatic heterocycles. The molecule has 1 aliphatic rings. The van der Waals surface area contributed by atoms with Gasteiger partial charge in [0.25, 0.3) is 11.8 Å². The average molecular weight is 859 g/mol. The van der Waals surface area contributed by atoms with Gasteiger partial charge in [0.2, 0.25) is 5.89 Å². The Morgan fingerprint density at radius 3 is 1.80 bits per heavy atom. The summed E-state index contributed by atoms with van der Waals surface area (Å²) in [4.78, 5) is 97.1. The summed E-state index contributed by atoms with van der Waals surface area (Å²) >= 11 is 0. The Morgan fingerprint density at radius 1 is 0.787 bits per heavy atom. The summed E-state index contributed by atoms with van der Waals surface area (Å²) in [6, 6.07) is 9.63. The number of amides is 2. The third-order valence-electron chi connectivity index (χ3n) is 10.9. The van der Waals surface area contributed by atoms with Crippen LogP contribution in [0.3, 0.4) is 0 Å². The Morgan fingerprint density at radius 2 is 1.31 bits per heavy atom. The zero-order chi connectivity index (χ0) is 45.0. The number of imide groups is 1. The standard InChI is InChI=1S/C43H54N4O10Si.CO2/c1-10-29(39-44-28(8)22-55-39)18-37(48)34-20-31(54-17-13-16-47-41(50)32-14-11-12-15-33(32)42(47)51)21-35(45-34)38(49)19-30(40-46-36(24-56-40)43(52)53-9)23-57-58(25(2)3,26(4)5)27(6)7;2-1-3/h11-12,14-15,20-22,24-27,29-30H,10,13,16-19,23H2,1-9H3;. The smallest absolute Gasteiger partial charge is 0.373 e. The van der Waals surface area contributed by atoms with E-state index >= 15 is 0 Å². The van der Waals surface area contributed by atoms with E-state index in [1.54, 1.807) is 31.2 Å². The molecule has 4 heterocycles. The van der Waals surface area contributed by atoms with E-state index in [-0.39, 0.29) is 108 Å². The highest BCUT2D eigenvalue weighted by Gasteiger charge is 2.46. The quantitative estimate of drug-likeness (QED) is 0.0255. The summed E-state index contributed by atoms with van der Waals surface area (Å²) < 4.78 is 29.2. The van der Waals surface area contributed by atoms with E-state index in [0.29, 0.717) is 35.6 Å². The monoisotopic (exact) mass is 858 g/mol. The van der Waals surface area contributed by atoms with Gasteiger partial charge in [-0.25, -0.2) is 19.7 Å². The van der Waals surface area contributed by atoms with E-state index in [1.807, 2.05) is 6.92 Å². The summed E-state index contributed by atoms with van der Waals surface area (Å²) in [6.07, 6.45) is 3.70. The molecular formula is C44H54N4O12Si. The van der Waals surface area contributed by atoms with Crippen LogP contribution in [0.1, 0.15) is 156 Å². The number of fused-ring (bicyclic) bond motifs is 1. The highest BCUT2D eigenvalue weighted by atomic mass is 28.4. The average Bonchev–Trinajstić information content (AvgIpc) is 3.96. The highest BCUT2D eigenvalue weighted by molar-refractivity contribution is 6.77. The molecule has 1 aromatic carbocycles. The third-order valence-corrected chi connectivity index (χ3v) is 17.0. The predicted octanol–water partition coefficient (Wildman–Crippen LogP) is 7.95. The number of aryl methyl sites for hydroxylation is 1. The van der Waals surface area contributed by atoms with Crippen molar-refractivity contribution in [3.63, 3.8) is 0 Å². The topological polar surface area (TPSA) is 215 Å². The van der Waals surface area contributed by atoms with Gasteiger partial charge in [-0.15, -0.1) is 0 Å². The van der Waals surface area contributed by atoms with Crippen LogP contribution in [0.15, 0.2) is 57.8 Å². The number of rotatable bonds is 21. The molecule has 0 bridgehead atoms. The maximum absolute atomic E-state index is 14.3. The summed E-state index contributed by atoms with van der Waals surface area (Å²) in [5, 5.41) is 0. The lowest BCUT2D eigenvalue weighted by molar-refractivity contribution is -0.191. The lowest BCUT2D eigenvalue weighted by Gasteiger charge is -2.42. The van der Waals surface area contributed by atoms with Crippen LogP contribution in [0.5, 0.6) is 5.75 Å². The minimum absolute atomic E-state index is 0.0191. The number of ketones is 2. The summed E-state index contributed by atoms with van der Waals surface area (Å²) in [5.74, 6) is -2.43. The molecule has 17 heteroatoms. The number of carbonyl (C=O) groups excluding carboxylic acids is 7. The number of aromatic nitrogens is 3. The molecule has 5 rings (SSSR count). The van der Waals surface area contributed by atoms with Crippen LogP contribution in [0.4, 0.5) is 0 Å². The number of nitrogens with zero attached hydrogens (tertiary/aromatic N) is 4. The lowest BCUT2D eigenvalue weighted by atomic mass is 9.97. The second-order valence-electron chi connectivity index (χ2n) is 15.7. The van der Waals surface area contributed by atoms with Gasteiger partial charge >= 0.3 is 12.1 Å². The van der Waals surface area contributed by atoms with Gasteiger partial charge in [0.1, 0.15) is 29.7 Å². The van der Waals surface area contributed by atoms with Crippen LogP contribution >= 0.6 is 0 Å². The van der Waals surface area contributed by atoms with Gasteiger partial charge in [-0.05, 0) is 48.5 Å². The van der Waals surface area contributed by atoms with Gasteiger partial charge < -0.3 is 22.7 Å². The van der Waals surface area contributed by atoms with Crippen molar-refractivity contribution in [2.24, 2.45) is 0 Å². The fourth-order valence-electron chi connectivity index (χ4n) is 7.99.